The number of ether oxygens (including phenoxy) is 10. The van der Waals surface area contributed by atoms with Gasteiger partial charge in [-0.2, -0.15) is 0 Å². The van der Waals surface area contributed by atoms with Crippen LogP contribution in [-0.2, 0) is 57.0 Å². The molecule has 3 aromatic rings. The van der Waals surface area contributed by atoms with Crippen LogP contribution in [-0.4, -0.2) is 179 Å². The second-order valence-corrected chi connectivity index (χ2v) is 15.4. The highest BCUT2D eigenvalue weighted by molar-refractivity contribution is 6.25. The van der Waals surface area contributed by atoms with Gasteiger partial charge >= 0.3 is 6.09 Å². The molecule has 2 aliphatic heterocycles. The van der Waals surface area contributed by atoms with Crippen molar-refractivity contribution >= 4 is 35.4 Å². The zero-order chi connectivity index (χ0) is 46.9. The van der Waals surface area contributed by atoms with Crippen molar-refractivity contribution in [2.75, 3.05) is 144 Å². The molecule has 0 radical (unpaired) electrons. The summed E-state index contributed by atoms with van der Waals surface area (Å²) in [5.41, 5.74) is 5.62. The lowest BCUT2D eigenvalue weighted by Crippen LogP contribution is -2.54. The molecule has 1 atom stereocenters. The van der Waals surface area contributed by atoms with Crippen molar-refractivity contribution in [1.82, 2.24) is 15.5 Å². The monoisotopic (exact) mass is 934 g/mol. The van der Waals surface area contributed by atoms with Gasteiger partial charge in [0.15, 0.2) is 0 Å². The Balaban J connectivity index is 0.626. The summed E-state index contributed by atoms with van der Waals surface area (Å²) in [5.74, 6) is -2.16. The van der Waals surface area contributed by atoms with Gasteiger partial charge in [-0.1, -0.05) is 54.6 Å². The average Bonchev–Trinajstić information content (AvgIpc) is 3.79. The number of piperidine rings is 1. The fraction of sp³-hybridized carbons (Fsp3) is 0.521. The summed E-state index contributed by atoms with van der Waals surface area (Å²) in [7, 11) is 0. The second-order valence-electron chi connectivity index (χ2n) is 15.4. The molecule has 364 valence electrons. The van der Waals surface area contributed by atoms with Crippen LogP contribution in [0.4, 0.5) is 10.5 Å². The van der Waals surface area contributed by atoms with E-state index in [-0.39, 0.29) is 36.5 Å². The lowest BCUT2D eigenvalue weighted by molar-refractivity contribution is -0.136. The molecular formula is C48H62N4O15. The van der Waals surface area contributed by atoms with Crippen LogP contribution < -0.4 is 16.0 Å². The Morgan fingerprint density at radius 3 is 1.48 bits per heavy atom. The summed E-state index contributed by atoms with van der Waals surface area (Å²) in [6.07, 6.45) is -0.306. The molecule has 19 nitrogen and oxygen atoms in total. The summed E-state index contributed by atoms with van der Waals surface area (Å²) in [6, 6.07) is 20.4. The van der Waals surface area contributed by atoms with E-state index >= 15 is 0 Å². The van der Waals surface area contributed by atoms with Gasteiger partial charge in [-0.15, -0.1) is 0 Å². The number of fused-ring (bicyclic) bond motifs is 4. The van der Waals surface area contributed by atoms with Crippen molar-refractivity contribution in [2.24, 2.45) is 0 Å². The van der Waals surface area contributed by atoms with Crippen LogP contribution >= 0.6 is 0 Å². The van der Waals surface area contributed by atoms with E-state index in [1.165, 1.54) is 22.3 Å². The van der Waals surface area contributed by atoms with Gasteiger partial charge in [-0.3, -0.25) is 29.4 Å². The SMILES string of the molecule is O=C1CCC(N2C(=O)c3cccc(NCCOCCOCCOCCOCCOCCOCCOCCOCCOCCNC(=O)OCC4c5ccccc5-c5ccccc54)c3C2=O)C(=O)N1. The molecule has 1 fully saturated rings. The first kappa shape index (κ1) is 51.0. The normalized spacial score (nSPS) is 15.4. The maximum Gasteiger partial charge on any atom is 0.407 e. The van der Waals surface area contributed by atoms with E-state index < -0.39 is 35.8 Å². The smallest absolute Gasteiger partial charge is 0.407 e. The molecule has 3 aliphatic rings. The number of benzene rings is 3. The number of nitrogens with one attached hydrogen (secondary N) is 3. The lowest BCUT2D eigenvalue weighted by atomic mass is 9.98. The fourth-order valence-corrected chi connectivity index (χ4v) is 7.66. The van der Waals surface area contributed by atoms with Crippen molar-refractivity contribution in [3.05, 3.63) is 89.0 Å². The predicted octanol–water partition coefficient (Wildman–Crippen LogP) is 3.19. The van der Waals surface area contributed by atoms with Crippen molar-refractivity contribution in [1.29, 1.82) is 0 Å². The largest absolute Gasteiger partial charge is 0.449 e. The van der Waals surface area contributed by atoms with Gasteiger partial charge < -0.3 is 58.0 Å². The number of nitrogens with zero attached hydrogens (tertiary/aromatic N) is 1. The topological polar surface area (TPSA) is 217 Å². The third-order valence-electron chi connectivity index (χ3n) is 10.9. The number of amides is 5. The Bertz CT molecular complexity index is 2010. The van der Waals surface area contributed by atoms with Gasteiger partial charge in [0, 0.05) is 31.1 Å². The lowest BCUT2D eigenvalue weighted by Gasteiger charge is -2.27. The van der Waals surface area contributed by atoms with Crippen LogP contribution in [0.5, 0.6) is 0 Å². The zero-order valence-corrected chi connectivity index (χ0v) is 37.8. The van der Waals surface area contributed by atoms with Gasteiger partial charge in [0.25, 0.3) is 11.8 Å². The molecule has 1 unspecified atom stereocenters. The Hall–Kier alpha value is -5.35. The van der Waals surface area contributed by atoms with Gasteiger partial charge in [0.2, 0.25) is 11.8 Å². The van der Waals surface area contributed by atoms with E-state index in [2.05, 4.69) is 40.2 Å². The first-order chi connectivity index (χ1) is 32.9. The third-order valence-corrected chi connectivity index (χ3v) is 10.9. The van der Waals surface area contributed by atoms with Gasteiger partial charge in [-0.25, -0.2) is 4.79 Å². The molecule has 0 bridgehead atoms. The Morgan fingerprint density at radius 1 is 0.537 bits per heavy atom. The molecule has 6 rings (SSSR count). The molecule has 0 spiro atoms. The number of hydrogen-bond acceptors (Lipinski definition) is 16. The molecule has 67 heavy (non-hydrogen) atoms. The van der Waals surface area contributed by atoms with Crippen molar-refractivity contribution in [3.8, 4) is 11.1 Å². The number of imide groups is 2. The van der Waals surface area contributed by atoms with Crippen LogP contribution in [0.2, 0.25) is 0 Å². The van der Waals surface area contributed by atoms with Crippen molar-refractivity contribution in [3.63, 3.8) is 0 Å². The van der Waals surface area contributed by atoms with E-state index in [0.717, 1.165) is 4.90 Å². The first-order valence-corrected chi connectivity index (χ1v) is 22.8. The van der Waals surface area contributed by atoms with E-state index in [1.807, 2.05) is 24.3 Å². The summed E-state index contributed by atoms with van der Waals surface area (Å²) in [5, 5.41) is 8.07. The number of carbonyl (C=O) groups is 5. The van der Waals surface area contributed by atoms with Crippen LogP contribution in [0.25, 0.3) is 11.1 Å². The number of hydrogen-bond donors (Lipinski definition) is 3. The summed E-state index contributed by atoms with van der Waals surface area (Å²) >= 11 is 0. The summed E-state index contributed by atoms with van der Waals surface area (Å²) in [6.45, 7) is 8.53. The minimum Gasteiger partial charge on any atom is -0.449 e. The molecule has 0 aromatic heterocycles. The van der Waals surface area contributed by atoms with Gasteiger partial charge in [0.05, 0.1) is 130 Å². The molecular weight excluding hydrogens is 873 g/mol. The first-order valence-electron chi connectivity index (χ1n) is 22.8. The highest BCUT2D eigenvalue weighted by Gasteiger charge is 2.45. The number of rotatable bonds is 34. The molecule has 5 amide bonds. The second kappa shape index (κ2) is 28.7. The minimum atomic E-state index is -1.02. The molecule has 19 heteroatoms. The van der Waals surface area contributed by atoms with Crippen LogP contribution in [0.3, 0.4) is 0 Å². The maximum absolute atomic E-state index is 13.2. The minimum absolute atomic E-state index is 0.0229. The molecule has 2 heterocycles. The fourth-order valence-electron chi connectivity index (χ4n) is 7.66. The van der Waals surface area contributed by atoms with Crippen molar-refractivity contribution in [2.45, 2.75) is 24.8 Å². The predicted molar refractivity (Wildman–Crippen MR) is 242 cm³/mol. The maximum atomic E-state index is 13.2. The molecule has 3 N–H and O–H groups in total. The molecule has 1 aliphatic carbocycles. The van der Waals surface area contributed by atoms with E-state index in [9.17, 15) is 24.0 Å². The Morgan fingerprint density at radius 2 is 0.985 bits per heavy atom. The molecule has 3 aromatic carbocycles. The molecule has 0 saturated carbocycles. The Kier molecular flexibility index (Phi) is 21.9. The van der Waals surface area contributed by atoms with Gasteiger partial charge in [-0.05, 0) is 40.8 Å². The van der Waals surface area contributed by atoms with E-state index in [0.29, 0.717) is 138 Å². The quantitative estimate of drug-likeness (QED) is 0.0579. The average molecular weight is 935 g/mol. The highest BCUT2D eigenvalue weighted by Crippen LogP contribution is 2.44. The zero-order valence-electron chi connectivity index (χ0n) is 37.8. The Labute approximate surface area is 390 Å². The third kappa shape index (κ3) is 15.9. The number of carbonyl (C=O) groups excluding carboxylic acids is 5. The highest BCUT2D eigenvalue weighted by atomic mass is 16.6. The molecule has 1 saturated heterocycles. The van der Waals surface area contributed by atoms with E-state index in [1.54, 1.807) is 18.2 Å². The van der Waals surface area contributed by atoms with Crippen LogP contribution in [0.1, 0.15) is 50.6 Å². The van der Waals surface area contributed by atoms with Crippen LogP contribution in [0.15, 0.2) is 66.7 Å². The van der Waals surface area contributed by atoms with Crippen molar-refractivity contribution < 1.29 is 71.3 Å². The van der Waals surface area contributed by atoms with Gasteiger partial charge in [0.1, 0.15) is 12.6 Å². The number of alkyl carbamates (subject to hydrolysis) is 1. The van der Waals surface area contributed by atoms with E-state index in [4.69, 9.17) is 47.4 Å². The standard InChI is InChI=1S/C48H62N4O15/c53-43-13-12-42(45(54)51-43)52-46(55)39-10-5-11-41(44(39)47(52)56)49-14-16-58-18-20-60-22-24-62-26-28-64-30-32-66-33-31-65-29-27-63-25-23-61-21-19-59-17-15-50-48(57)67-34-40-37-8-3-1-6-35(37)36-7-2-4-9-38(36)40/h1-11,40,42,49H,12-34H2,(H,50,57)(H,51,53,54). The van der Waals surface area contributed by atoms with Crippen LogP contribution in [0, 0.1) is 0 Å². The summed E-state index contributed by atoms with van der Waals surface area (Å²) < 4.78 is 55.3. The summed E-state index contributed by atoms with van der Waals surface area (Å²) in [4.78, 5) is 63.2. The number of anilines is 1.